The highest BCUT2D eigenvalue weighted by Crippen LogP contribution is 2.35. The van der Waals surface area contributed by atoms with Crippen LogP contribution in [0.15, 0.2) is 18.2 Å². The standard InChI is InChI=1S/C19H30N2/c1-4-5-18-11-20-19(17-8-9-17)13-21(18)12-16-7-6-14(2)15(3)10-16/h6-7,10,17-20H,4-5,8-9,11-13H2,1-3H3. The van der Waals surface area contributed by atoms with Crippen LogP contribution in [-0.4, -0.2) is 30.1 Å². The van der Waals surface area contributed by atoms with E-state index in [4.69, 9.17) is 0 Å². The smallest absolute Gasteiger partial charge is 0.0237 e. The largest absolute Gasteiger partial charge is 0.311 e. The average Bonchev–Trinajstić information content (AvgIpc) is 3.30. The van der Waals surface area contributed by atoms with Gasteiger partial charge in [-0.3, -0.25) is 4.90 Å². The molecule has 0 bridgehead atoms. The molecule has 1 aromatic rings. The third kappa shape index (κ3) is 3.67. The summed E-state index contributed by atoms with van der Waals surface area (Å²) in [4.78, 5) is 2.74. The molecule has 1 saturated carbocycles. The molecule has 2 fully saturated rings. The summed E-state index contributed by atoms with van der Waals surface area (Å²) in [5, 5.41) is 3.81. The minimum Gasteiger partial charge on any atom is -0.311 e. The number of rotatable bonds is 5. The van der Waals surface area contributed by atoms with E-state index >= 15 is 0 Å². The van der Waals surface area contributed by atoms with Gasteiger partial charge in [0, 0.05) is 31.7 Å². The predicted molar refractivity (Wildman–Crippen MR) is 89.5 cm³/mol. The maximum absolute atomic E-state index is 3.81. The summed E-state index contributed by atoms with van der Waals surface area (Å²) in [6.07, 6.45) is 5.47. The minimum absolute atomic E-state index is 0.714. The molecule has 3 rings (SSSR count). The molecule has 0 radical (unpaired) electrons. The van der Waals surface area contributed by atoms with Crippen LogP contribution in [0.4, 0.5) is 0 Å². The van der Waals surface area contributed by atoms with Crippen LogP contribution < -0.4 is 5.32 Å². The quantitative estimate of drug-likeness (QED) is 0.888. The van der Waals surface area contributed by atoms with Gasteiger partial charge in [-0.2, -0.15) is 0 Å². The van der Waals surface area contributed by atoms with Crippen molar-refractivity contribution < 1.29 is 0 Å². The summed E-state index contributed by atoms with van der Waals surface area (Å²) < 4.78 is 0. The summed E-state index contributed by atoms with van der Waals surface area (Å²) in [6.45, 7) is 10.3. The lowest BCUT2D eigenvalue weighted by molar-refractivity contribution is 0.108. The number of nitrogens with one attached hydrogen (secondary N) is 1. The highest BCUT2D eigenvalue weighted by atomic mass is 15.2. The molecule has 1 aliphatic carbocycles. The van der Waals surface area contributed by atoms with Gasteiger partial charge in [0.1, 0.15) is 0 Å². The van der Waals surface area contributed by atoms with Gasteiger partial charge in [0.05, 0.1) is 0 Å². The van der Waals surface area contributed by atoms with Crippen LogP contribution in [0.1, 0.15) is 49.3 Å². The summed E-state index contributed by atoms with van der Waals surface area (Å²) in [6, 6.07) is 8.43. The van der Waals surface area contributed by atoms with Gasteiger partial charge in [-0.25, -0.2) is 0 Å². The van der Waals surface area contributed by atoms with E-state index < -0.39 is 0 Å². The molecule has 0 aromatic heterocycles. The van der Waals surface area contributed by atoms with E-state index in [0.717, 1.165) is 18.5 Å². The van der Waals surface area contributed by atoms with Crippen molar-refractivity contribution in [1.82, 2.24) is 10.2 Å². The molecule has 1 aliphatic heterocycles. The Bertz CT molecular complexity index is 478. The molecule has 2 nitrogen and oxygen atoms in total. The van der Waals surface area contributed by atoms with Crippen molar-refractivity contribution >= 4 is 0 Å². The molecular formula is C19H30N2. The monoisotopic (exact) mass is 286 g/mol. The van der Waals surface area contributed by atoms with Crippen LogP contribution in [-0.2, 0) is 6.54 Å². The van der Waals surface area contributed by atoms with E-state index in [0.29, 0.717) is 6.04 Å². The lowest BCUT2D eigenvalue weighted by Crippen LogP contribution is -2.56. The van der Waals surface area contributed by atoms with Gasteiger partial charge in [-0.1, -0.05) is 31.5 Å². The molecule has 0 amide bonds. The Morgan fingerprint density at radius 3 is 2.67 bits per heavy atom. The first-order chi connectivity index (χ1) is 10.2. The number of hydrogen-bond acceptors (Lipinski definition) is 2. The van der Waals surface area contributed by atoms with Crippen molar-refractivity contribution in [3.63, 3.8) is 0 Å². The van der Waals surface area contributed by atoms with Gasteiger partial charge in [-0.15, -0.1) is 0 Å². The van der Waals surface area contributed by atoms with Crippen LogP contribution >= 0.6 is 0 Å². The summed E-state index contributed by atoms with van der Waals surface area (Å²) >= 11 is 0. The molecule has 2 atom stereocenters. The fourth-order valence-corrected chi connectivity index (χ4v) is 3.65. The molecule has 21 heavy (non-hydrogen) atoms. The first-order valence-electron chi connectivity index (χ1n) is 8.71. The van der Waals surface area contributed by atoms with Gasteiger partial charge in [0.2, 0.25) is 0 Å². The van der Waals surface area contributed by atoms with Crippen LogP contribution in [0.25, 0.3) is 0 Å². The second-order valence-electron chi connectivity index (χ2n) is 7.14. The molecule has 2 heteroatoms. The first-order valence-corrected chi connectivity index (χ1v) is 8.71. The lowest BCUT2D eigenvalue weighted by Gasteiger charge is -2.41. The SMILES string of the molecule is CCCC1CNC(C2CC2)CN1Cc1ccc(C)c(C)c1. The molecule has 116 valence electrons. The molecule has 2 aliphatic rings. The second kappa shape index (κ2) is 6.50. The summed E-state index contributed by atoms with van der Waals surface area (Å²) in [7, 11) is 0. The average molecular weight is 286 g/mol. The number of nitrogens with zero attached hydrogens (tertiary/aromatic N) is 1. The first kappa shape index (κ1) is 15.1. The summed E-state index contributed by atoms with van der Waals surface area (Å²) in [5.74, 6) is 0.954. The molecule has 0 spiro atoms. The van der Waals surface area contributed by atoms with Crippen LogP contribution in [0.5, 0.6) is 0 Å². The lowest BCUT2D eigenvalue weighted by atomic mass is 10.00. The van der Waals surface area contributed by atoms with Gasteiger partial charge in [-0.05, 0) is 55.7 Å². The van der Waals surface area contributed by atoms with Gasteiger partial charge in [0.25, 0.3) is 0 Å². The summed E-state index contributed by atoms with van der Waals surface area (Å²) in [5.41, 5.74) is 4.31. The van der Waals surface area contributed by atoms with E-state index in [9.17, 15) is 0 Å². The third-order valence-corrected chi connectivity index (χ3v) is 5.33. The van der Waals surface area contributed by atoms with Gasteiger partial charge >= 0.3 is 0 Å². The highest BCUT2D eigenvalue weighted by Gasteiger charge is 2.36. The zero-order valence-electron chi connectivity index (χ0n) is 13.9. The maximum atomic E-state index is 3.81. The van der Waals surface area contributed by atoms with E-state index in [1.807, 2.05) is 0 Å². The van der Waals surface area contributed by atoms with E-state index in [1.165, 1.54) is 55.5 Å². The van der Waals surface area contributed by atoms with E-state index in [2.05, 4.69) is 49.2 Å². The Morgan fingerprint density at radius 1 is 1.19 bits per heavy atom. The van der Waals surface area contributed by atoms with Crippen molar-refractivity contribution in [2.24, 2.45) is 5.92 Å². The zero-order chi connectivity index (χ0) is 14.8. The van der Waals surface area contributed by atoms with Crippen molar-refractivity contribution in [2.75, 3.05) is 13.1 Å². The Kier molecular flexibility index (Phi) is 4.66. The number of hydrogen-bond donors (Lipinski definition) is 1. The van der Waals surface area contributed by atoms with Gasteiger partial charge < -0.3 is 5.32 Å². The Hall–Kier alpha value is -0.860. The van der Waals surface area contributed by atoms with E-state index in [1.54, 1.807) is 0 Å². The number of aryl methyl sites for hydroxylation is 2. The van der Waals surface area contributed by atoms with Crippen LogP contribution in [0.3, 0.4) is 0 Å². The second-order valence-corrected chi connectivity index (χ2v) is 7.14. The van der Waals surface area contributed by atoms with Crippen molar-refractivity contribution in [3.8, 4) is 0 Å². The zero-order valence-corrected chi connectivity index (χ0v) is 13.9. The van der Waals surface area contributed by atoms with E-state index in [-0.39, 0.29) is 0 Å². The molecule has 1 heterocycles. The predicted octanol–water partition coefficient (Wildman–Crippen LogP) is 3.66. The number of piperazine rings is 1. The normalized spacial score (nSPS) is 27.0. The molecule has 1 saturated heterocycles. The molecule has 2 unspecified atom stereocenters. The third-order valence-electron chi connectivity index (χ3n) is 5.33. The topological polar surface area (TPSA) is 15.3 Å². The Balaban J connectivity index is 1.69. The maximum Gasteiger partial charge on any atom is 0.0237 e. The molecular weight excluding hydrogens is 256 g/mol. The van der Waals surface area contributed by atoms with Crippen LogP contribution in [0, 0.1) is 19.8 Å². The number of benzene rings is 1. The molecule has 1 aromatic carbocycles. The fourth-order valence-electron chi connectivity index (χ4n) is 3.65. The van der Waals surface area contributed by atoms with Gasteiger partial charge in [0.15, 0.2) is 0 Å². The Morgan fingerprint density at radius 2 is 2.00 bits per heavy atom. The van der Waals surface area contributed by atoms with Crippen molar-refractivity contribution in [2.45, 2.75) is 65.1 Å². The highest BCUT2D eigenvalue weighted by molar-refractivity contribution is 5.30. The Labute approximate surface area is 129 Å². The van der Waals surface area contributed by atoms with Crippen LogP contribution in [0.2, 0.25) is 0 Å². The fraction of sp³-hybridized carbons (Fsp3) is 0.684. The van der Waals surface area contributed by atoms with Crippen molar-refractivity contribution in [3.05, 3.63) is 34.9 Å². The van der Waals surface area contributed by atoms with Crippen molar-refractivity contribution in [1.29, 1.82) is 0 Å². The minimum atomic E-state index is 0.714. The molecule has 1 N–H and O–H groups in total.